The second-order valence-electron chi connectivity index (χ2n) is 7.59. The average molecular weight is 270 g/mol. The highest BCUT2D eigenvalue weighted by molar-refractivity contribution is 5.06. The van der Waals surface area contributed by atoms with Crippen molar-refractivity contribution in [1.29, 1.82) is 0 Å². The summed E-state index contributed by atoms with van der Waals surface area (Å²) in [6.45, 7) is 15.4. The lowest BCUT2D eigenvalue weighted by atomic mass is 9.84. The summed E-state index contributed by atoms with van der Waals surface area (Å²) in [5.74, 6) is 1.32. The molecule has 2 N–H and O–H groups in total. The van der Waals surface area contributed by atoms with Gasteiger partial charge in [0, 0.05) is 32.3 Å². The molecule has 0 aromatic heterocycles. The molecule has 114 valence electrons. The summed E-state index contributed by atoms with van der Waals surface area (Å²) in [5.41, 5.74) is 6.81. The zero-order valence-electron chi connectivity index (χ0n) is 13.8. The van der Waals surface area contributed by atoms with Gasteiger partial charge in [-0.05, 0) is 30.1 Å². The van der Waals surface area contributed by atoms with Crippen molar-refractivity contribution in [2.24, 2.45) is 23.0 Å². The Hall–Kier alpha value is -0.120. The van der Waals surface area contributed by atoms with Crippen molar-refractivity contribution >= 4 is 0 Å². The predicted octanol–water partition coefficient (Wildman–Crippen LogP) is 2.74. The van der Waals surface area contributed by atoms with E-state index in [1.165, 1.54) is 12.8 Å². The highest BCUT2D eigenvalue weighted by Crippen LogP contribution is 2.50. The summed E-state index contributed by atoms with van der Waals surface area (Å²) in [7, 11) is 1.78. The van der Waals surface area contributed by atoms with Gasteiger partial charge in [0.05, 0.1) is 6.61 Å². The van der Waals surface area contributed by atoms with Crippen molar-refractivity contribution in [3.05, 3.63) is 0 Å². The first kappa shape index (κ1) is 16.9. The van der Waals surface area contributed by atoms with Crippen LogP contribution in [0.4, 0.5) is 0 Å². The molecule has 2 unspecified atom stereocenters. The van der Waals surface area contributed by atoms with Crippen molar-refractivity contribution in [1.82, 2.24) is 4.90 Å². The van der Waals surface area contributed by atoms with Gasteiger partial charge < -0.3 is 10.5 Å². The zero-order chi connectivity index (χ0) is 14.7. The molecule has 0 radical (unpaired) electrons. The van der Waals surface area contributed by atoms with Crippen molar-refractivity contribution in [3.8, 4) is 0 Å². The van der Waals surface area contributed by atoms with Crippen molar-refractivity contribution in [3.63, 3.8) is 0 Å². The first-order chi connectivity index (χ1) is 8.77. The molecule has 0 aromatic rings. The molecule has 1 aliphatic carbocycles. The van der Waals surface area contributed by atoms with Gasteiger partial charge in [-0.15, -0.1) is 0 Å². The summed E-state index contributed by atoms with van der Waals surface area (Å²) in [5, 5.41) is 0. The summed E-state index contributed by atoms with van der Waals surface area (Å²) < 4.78 is 5.31. The summed E-state index contributed by atoms with van der Waals surface area (Å²) >= 11 is 0. The zero-order valence-corrected chi connectivity index (χ0v) is 13.8. The number of rotatable bonds is 7. The van der Waals surface area contributed by atoms with Gasteiger partial charge in [0.25, 0.3) is 0 Å². The highest BCUT2D eigenvalue weighted by atomic mass is 16.5. The molecule has 0 bridgehead atoms. The molecule has 1 aliphatic rings. The number of nitrogens with two attached hydrogens (primary N) is 1. The standard InChI is InChI=1S/C16H34N2O/c1-13(2)10-18(7-8-19-6)16(12-17)11-15(4,5)9-14(16)3/h13-14H,7-12,17H2,1-6H3. The molecule has 0 spiro atoms. The van der Waals surface area contributed by atoms with Gasteiger partial charge in [-0.1, -0.05) is 34.6 Å². The quantitative estimate of drug-likeness (QED) is 0.773. The Bertz CT molecular complexity index is 278. The van der Waals surface area contributed by atoms with Crippen LogP contribution in [0.2, 0.25) is 0 Å². The Morgan fingerprint density at radius 2 is 2.00 bits per heavy atom. The second-order valence-corrected chi connectivity index (χ2v) is 7.59. The van der Waals surface area contributed by atoms with Gasteiger partial charge in [0.1, 0.15) is 0 Å². The first-order valence-corrected chi connectivity index (χ1v) is 7.71. The SMILES string of the molecule is COCCN(CC(C)C)C1(CN)CC(C)(C)CC1C. The fourth-order valence-corrected chi connectivity index (χ4v) is 4.06. The van der Waals surface area contributed by atoms with Crippen molar-refractivity contribution in [2.75, 3.05) is 33.4 Å². The number of methoxy groups -OCH3 is 1. The topological polar surface area (TPSA) is 38.5 Å². The van der Waals surface area contributed by atoms with Crippen LogP contribution in [0.5, 0.6) is 0 Å². The molecule has 1 rings (SSSR count). The predicted molar refractivity (Wildman–Crippen MR) is 82.3 cm³/mol. The van der Waals surface area contributed by atoms with Crippen LogP contribution in [0.1, 0.15) is 47.5 Å². The van der Waals surface area contributed by atoms with Gasteiger partial charge in [-0.25, -0.2) is 0 Å². The average Bonchev–Trinajstić information content (AvgIpc) is 2.54. The van der Waals surface area contributed by atoms with Crippen molar-refractivity contribution < 1.29 is 4.74 Å². The fraction of sp³-hybridized carbons (Fsp3) is 1.00. The van der Waals surface area contributed by atoms with Crippen molar-refractivity contribution in [2.45, 2.75) is 53.0 Å². The van der Waals surface area contributed by atoms with E-state index >= 15 is 0 Å². The molecule has 0 amide bonds. The van der Waals surface area contributed by atoms with Crippen LogP contribution >= 0.6 is 0 Å². The lowest BCUT2D eigenvalue weighted by Gasteiger charge is -2.45. The van der Waals surface area contributed by atoms with E-state index in [1.807, 2.05) is 0 Å². The van der Waals surface area contributed by atoms with E-state index in [2.05, 4.69) is 39.5 Å². The fourth-order valence-electron chi connectivity index (χ4n) is 4.06. The minimum absolute atomic E-state index is 0.159. The Kier molecular flexibility index (Phi) is 5.84. The smallest absolute Gasteiger partial charge is 0.0589 e. The number of hydrogen-bond acceptors (Lipinski definition) is 3. The molecule has 1 saturated carbocycles. The molecule has 1 fully saturated rings. The van der Waals surface area contributed by atoms with E-state index < -0.39 is 0 Å². The van der Waals surface area contributed by atoms with E-state index in [-0.39, 0.29) is 5.54 Å². The van der Waals surface area contributed by atoms with E-state index in [0.717, 1.165) is 26.2 Å². The molecule has 3 nitrogen and oxygen atoms in total. The number of hydrogen-bond donors (Lipinski definition) is 1. The maximum absolute atomic E-state index is 6.25. The van der Waals surface area contributed by atoms with Crippen LogP contribution < -0.4 is 5.73 Å². The summed E-state index contributed by atoms with van der Waals surface area (Å²) in [4.78, 5) is 2.61. The van der Waals surface area contributed by atoms with Gasteiger partial charge in [-0.3, -0.25) is 4.90 Å². The molecule has 0 aromatic carbocycles. The maximum atomic E-state index is 6.25. The molecule has 2 atom stereocenters. The Balaban J connectivity index is 2.93. The van der Waals surface area contributed by atoms with Gasteiger partial charge >= 0.3 is 0 Å². The van der Waals surface area contributed by atoms with Crippen LogP contribution in [0, 0.1) is 17.3 Å². The maximum Gasteiger partial charge on any atom is 0.0589 e. The van der Waals surface area contributed by atoms with Crippen LogP contribution in [-0.4, -0.2) is 43.8 Å². The van der Waals surface area contributed by atoms with Crippen LogP contribution in [0.3, 0.4) is 0 Å². The molecule has 0 aliphatic heterocycles. The first-order valence-electron chi connectivity index (χ1n) is 7.71. The molecule has 3 heteroatoms. The second kappa shape index (κ2) is 6.55. The molecular formula is C16H34N2O. The van der Waals surface area contributed by atoms with Gasteiger partial charge in [-0.2, -0.15) is 0 Å². The summed E-state index contributed by atoms with van der Waals surface area (Å²) in [6.07, 6.45) is 2.47. The minimum atomic E-state index is 0.159. The lowest BCUT2D eigenvalue weighted by molar-refractivity contribution is 0.0253. The van der Waals surface area contributed by atoms with E-state index in [9.17, 15) is 0 Å². The van der Waals surface area contributed by atoms with E-state index in [4.69, 9.17) is 10.5 Å². The van der Waals surface area contributed by atoms with Gasteiger partial charge in [0.15, 0.2) is 0 Å². The third-order valence-corrected chi connectivity index (χ3v) is 4.69. The minimum Gasteiger partial charge on any atom is -0.383 e. The number of ether oxygens (including phenoxy) is 1. The lowest BCUT2D eigenvalue weighted by Crippen LogP contribution is -2.57. The van der Waals surface area contributed by atoms with Crippen LogP contribution in [0.15, 0.2) is 0 Å². The van der Waals surface area contributed by atoms with E-state index in [0.29, 0.717) is 17.3 Å². The monoisotopic (exact) mass is 270 g/mol. The molecule has 0 heterocycles. The van der Waals surface area contributed by atoms with Crippen LogP contribution in [-0.2, 0) is 4.74 Å². The largest absolute Gasteiger partial charge is 0.383 e. The Morgan fingerprint density at radius 3 is 2.37 bits per heavy atom. The van der Waals surface area contributed by atoms with E-state index in [1.54, 1.807) is 7.11 Å². The van der Waals surface area contributed by atoms with Gasteiger partial charge in [0.2, 0.25) is 0 Å². The molecular weight excluding hydrogens is 236 g/mol. The third kappa shape index (κ3) is 3.93. The van der Waals surface area contributed by atoms with Crippen LogP contribution in [0.25, 0.3) is 0 Å². The third-order valence-electron chi connectivity index (χ3n) is 4.69. The Morgan fingerprint density at radius 1 is 1.37 bits per heavy atom. The number of nitrogens with zero attached hydrogens (tertiary/aromatic N) is 1. The molecule has 0 saturated heterocycles. The highest BCUT2D eigenvalue weighted by Gasteiger charge is 2.50. The summed E-state index contributed by atoms with van der Waals surface area (Å²) in [6, 6.07) is 0. The Labute approximate surface area is 119 Å². The normalized spacial score (nSPS) is 30.5. The molecule has 19 heavy (non-hydrogen) atoms.